The minimum Gasteiger partial charge on any atom is -0.349 e. The molecule has 0 bridgehead atoms. The Balaban J connectivity index is 1.80. The second kappa shape index (κ2) is 8.47. The number of aryl methyl sites for hydroxylation is 1. The van der Waals surface area contributed by atoms with Gasteiger partial charge < -0.3 is 10.2 Å². The predicted molar refractivity (Wildman–Crippen MR) is 110 cm³/mol. The van der Waals surface area contributed by atoms with Crippen LogP contribution in [-0.4, -0.2) is 50.4 Å². The van der Waals surface area contributed by atoms with Gasteiger partial charge >= 0.3 is 12.4 Å². The number of nitrogens with zero attached hydrogens (tertiary/aromatic N) is 5. The quantitative estimate of drug-likeness (QED) is 0.540. The summed E-state index contributed by atoms with van der Waals surface area (Å²) in [6, 6.07) is 3.09. The number of hydrogen-bond donors (Lipinski definition) is 1. The highest BCUT2D eigenvalue weighted by Crippen LogP contribution is 2.41. The molecular weight excluding hydrogens is 450 g/mol. The molecule has 1 fully saturated rings. The van der Waals surface area contributed by atoms with Gasteiger partial charge in [0.1, 0.15) is 5.69 Å². The number of benzene rings is 1. The van der Waals surface area contributed by atoms with E-state index in [4.69, 9.17) is 0 Å². The van der Waals surface area contributed by atoms with E-state index in [1.165, 1.54) is 10.6 Å². The fraction of sp³-hybridized carbons (Fsp3) is 0.476. The Hall–Kier alpha value is -2.89. The van der Waals surface area contributed by atoms with Crippen LogP contribution in [0.25, 0.3) is 16.8 Å². The van der Waals surface area contributed by atoms with Crippen LogP contribution in [0.2, 0.25) is 0 Å². The summed E-state index contributed by atoms with van der Waals surface area (Å²) in [5.74, 6) is 0.269. The van der Waals surface area contributed by atoms with Crippen molar-refractivity contribution in [2.45, 2.75) is 45.1 Å². The molecule has 1 aliphatic heterocycles. The van der Waals surface area contributed by atoms with Crippen molar-refractivity contribution in [2.75, 3.05) is 25.0 Å². The van der Waals surface area contributed by atoms with E-state index in [9.17, 15) is 26.3 Å². The molecule has 1 N–H and O–H groups in total. The summed E-state index contributed by atoms with van der Waals surface area (Å²) in [4.78, 5) is 2.27. The monoisotopic (exact) mass is 472 g/mol. The molecule has 0 amide bonds. The zero-order valence-corrected chi connectivity index (χ0v) is 17.9. The van der Waals surface area contributed by atoms with Crippen LogP contribution < -0.4 is 5.32 Å². The number of hydrogen-bond acceptors (Lipinski definition) is 5. The fourth-order valence-corrected chi connectivity index (χ4v) is 4.11. The molecule has 12 heteroatoms. The Morgan fingerprint density at radius 1 is 1.06 bits per heavy atom. The van der Waals surface area contributed by atoms with Crippen molar-refractivity contribution in [3.63, 3.8) is 0 Å². The van der Waals surface area contributed by atoms with E-state index in [0.29, 0.717) is 11.8 Å². The van der Waals surface area contributed by atoms with E-state index in [0.717, 1.165) is 38.5 Å². The van der Waals surface area contributed by atoms with Gasteiger partial charge in [-0.2, -0.15) is 36.0 Å². The van der Waals surface area contributed by atoms with Gasteiger partial charge in [0.15, 0.2) is 0 Å². The molecule has 3 aromatic rings. The van der Waals surface area contributed by atoms with Crippen LogP contribution >= 0.6 is 0 Å². The lowest BCUT2D eigenvalue weighted by atomic mass is 10.00. The normalized spacial score (nSPS) is 18.1. The molecule has 0 radical (unpaired) electrons. The number of alkyl halides is 6. The minimum atomic E-state index is -5.02. The molecular formula is C21H22F6N6. The summed E-state index contributed by atoms with van der Waals surface area (Å²) >= 11 is 0. The third kappa shape index (κ3) is 4.75. The number of anilines is 1. The largest absolute Gasteiger partial charge is 0.417 e. The van der Waals surface area contributed by atoms with Crippen LogP contribution in [0.1, 0.15) is 36.6 Å². The summed E-state index contributed by atoms with van der Waals surface area (Å²) in [7, 11) is 0. The van der Waals surface area contributed by atoms with E-state index in [2.05, 4.69) is 32.4 Å². The summed E-state index contributed by atoms with van der Waals surface area (Å²) in [5.41, 5.74) is -2.77. The Bertz CT molecular complexity index is 1150. The van der Waals surface area contributed by atoms with Crippen LogP contribution in [0.3, 0.4) is 0 Å². The lowest BCUT2D eigenvalue weighted by Gasteiger charge is -2.32. The van der Waals surface area contributed by atoms with Crippen molar-refractivity contribution in [1.82, 2.24) is 24.7 Å². The van der Waals surface area contributed by atoms with E-state index in [-0.39, 0.29) is 29.3 Å². The summed E-state index contributed by atoms with van der Waals surface area (Å²) < 4.78 is 81.7. The standard InChI is InChI=1S/C21H22F6N6/c1-3-32-8-4-5-14(11-32)28-19-30-29-18(17-9-12(2)31-33(17)19)15-7-6-13(20(22,23)24)10-16(15)21(25,26)27/h6-7,9-10,14H,3-5,8,11H2,1-2H3,(H,28,30)/t14-/m1/s1. The molecule has 0 spiro atoms. The third-order valence-corrected chi connectivity index (χ3v) is 5.71. The molecule has 1 aliphatic rings. The highest BCUT2D eigenvalue weighted by molar-refractivity contribution is 5.80. The lowest BCUT2D eigenvalue weighted by Crippen LogP contribution is -2.42. The Morgan fingerprint density at radius 3 is 2.48 bits per heavy atom. The molecule has 2 aromatic heterocycles. The lowest BCUT2D eigenvalue weighted by molar-refractivity contribution is -0.142. The number of aromatic nitrogens is 4. The zero-order valence-electron chi connectivity index (χ0n) is 17.9. The summed E-state index contributed by atoms with van der Waals surface area (Å²) in [6.45, 7) is 6.39. The molecule has 0 unspecified atom stereocenters. The average molecular weight is 472 g/mol. The van der Waals surface area contributed by atoms with Crippen LogP contribution in [0.15, 0.2) is 24.3 Å². The van der Waals surface area contributed by atoms with Gasteiger partial charge in [-0.05, 0) is 51.1 Å². The van der Waals surface area contributed by atoms with E-state index < -0.39 is 29.0 Å². The second-order valence-electron chi connectivity index (χ2n) is 8.09. The van der Waals surface area contributed by atoms with Gasteiger partial charge in [0, 0.05) is 18.2 Å². The number of nitrogens with one attached hydrogen (secondary N) is 1. The van der Waals surface area contributed by atoms with Gasteiger partial charge in [0.05, 0.1) is 22.3 Å². The molecule has 3 heterocycles. The first-order chi connectivity index (χ1) is 15.5. The Kier molecular flexibility index (Phi) is 5.97. The van der Waals surface area contributed by atoms with Crippen LogP contribution in [0, 0.1) is 6.92 Å². The van der Waals surface area contributed by atoms with Crippen molar-refractivity contribution in [2.24, 2.45) is 0 Å². The summed E-state index contributed by atoms with van der Waals surface area (Å²) in [6.07, 6.45) is -8.06. The first kappa shape index (κ1) is 23.3. The van der Waals surface area contributed by atoms with E-state index in [1.807, 2.05) is 0 Å². The summed E-state index contributed by atoms with van der Waals surface area (Å²) in [5, 5.41) is 15.7. The number of likely N-dealkylation sites (tertiary alicyclic amines) is 1. The van der Waals surface area contributed by atoms with Crippen molar-refractivity contribution in [1.29, 1.82) is 0 Å². The van der Waals surface area contributed by atoms with E-state index in [1.54, 1.807) is 6.92 Å². The molecule has 6 nitrogen and oxygen atoms in total. The second-order valence-corrected chi connectivity index (χ2v) is 8.09. The van der Waals surface area contributed by atoms with Crippen molar-refractivity contribution in [3.8, 4) is 11.3 Å². The molecule has 1 aromatic carbocycles. The van der Waals surface area contributed by atoms with Gasteiger partial charge in [-0.15, -0.1) is 10.2 Å². The molecule has 33 heavy (non-hydrogen) atoms. The molecule has 1 saturated heterocycles. The van der Waals surface area contributed by atoms with Crippen molar-refractivity contribution < 1.29 is 26.3 Å². The van der Waals surface area contributed by atoms with E-state index >= 15 is 0 Å². The maximum atomic E-state index is 13.7. The van der Waals surface area contributed by atoms with Gasteiger partial charge in [0.25, 0.3) is 0 Å². The first-order valence-corrected chi connectivity index (χ1v) is 10.5. The molecule has 4 rings (SSSR count). The van der Waals surface area contributed by atoms with Crippen molar-refractivity contribution in [3.05, 3.63) is 41.1 Å². The van der Waals surface area contributed by atoms with Crippen LogP contribution in [-0.2, 0) is 12.4 Å². The van der Waals surface area contributed by atoms with Gasteiger partial charge in [-0.3, -0.25) is 0 Å². The first-order valence-electron chi connectivity index (χ1n) is 10.5. The van der Waals surface area contributed by atoms with Crippen molar-refractivity contribution >= 4 is 11.5 Å². The zero-order chi connectivity index (χ0) is 24.0. The number of likely N-dealkylation sites (N-methyl/N-ethyl adjacent to an activating group) is 1. The number of rotatable bonds is 4. The topological polar surface area (TPSA) is 58.3 Å². The third-order valence-electron chi connectivity index (χ3n) is 5.71. The molecule has 0 saturated carbocycles. The van der Waals surface area contributed by atoms with Crippen LogP contribution in [0.4, 0.5) is 32.3 Å². The minimum absolute atomic E-state index is 0.0587. The maximum absolute atomic E-state index is 13.7. The average Bonchev–Trinajstić information content (AvgIpc) is 3.14. The number of fused-ring (bicyclic) bond motifs is 1. The fourth-order valence-electron chi connectivity index (χ4n) is 4.11. The highest BCUT2D eigenvalue weighted by atomic mass is 19.4. The molecule has 0 aliphatic carbocycles. The van der Waals surface area contributed by atoms with Gasteiger partial charge in [-0.25, -0.2) is 0 Å². The molecule has 178 valence electrons. The maximum Gasteiger partial charge on any atom is 0.417 e. The highest BCUT2D eigenvalue weighted by Gasteiger charge is 2.39. The Labute approximate surface area is 185 Å². The van der Waals surface area contributed by atoms with Gasteiger partial charge in [-0.1, -0.05) is 13.0 Å². The Morgan fingerprint density at radius 2 is 1.82 bits per heavy atom. The van der Waals surface area contributed by atoms with Crippen LogP contribution in [0.5, 0.6) is 0 Å². The molecule has 1 atom stereocenters. The number of halogens is 6. The van der Waals surface area contributed by atoms with Gasteiger partial charge in [0.2, 0.25) is 5.95 Å². The SMILES string of the molecule is CCN1CCC[C@@H](Nc2nnc(-c3ccc(C(F)(F)F)cc3C(F)(F)F)c3cc(C)nn23)C1. The number of piperidine rings is 1. The smallest absolute Gasteiger partial charge is 0.349 e. The predicted octanol–water partition coefficient (Wildman–Crippen LogP) is 5.03.